The van der Waals surface area contributed by atoms with Gasteiger partial charge in [0.1, 0.15) is 11.5 Å². The summed E-state index contributed by atoms with van der Waals surface area (Å²) in [7, 11) is 1.60. The molecule has 0 unspecified atom stereocenters. The quantitative estimate of drug-likeness (QED) is 0.318. The fourth-order valence-electron chi connectivity index (χ4n) is 2.62. The molecule has 0 saturated carbocycles. The van der Waals surface area contributed by atoms with E-state index >= 15 is 0 Å². The van der Waals surface area contributed by atoms with Gasteiger partial charge >= 0.3 is 0 Å². The summed E-state index contributed by atoms with van der Waals surface area (Å²) in [5.41, 5.74) is 0.955. The van der Waals surface area contributed by atoms with E-state index in [9.17, 15) is 0 Å². The van der Waals surface area contributed by atoms with Crippen molar-refractivity contribution in [2.75, 3.05) is 12.4 Å². The first-order valence-corrected chi connectivity index (χ1v) is 11.1. The predicted molar refractivity (Wildman–Crippen MR) is 123 cm³/mol. The summed E-state index contributed by atoms with van der Waals surface area (Å²) in [5, 5.41) is 6.58. The monoisotopic (exact) mass is 455 g/mol. The lowest BCUT2D eigenvalue weighted by molar-refractivity contribution is 0.414. The highest BCUT2D eigenvalue weighted by Crippen LogP contribution is 2.38. The molecular weight excluding hydrogens is 438 g/mol. The van der Waals surface area contributed by atoms with Gasteiger partial charge in [-0.25, -0.2) is 9.97 Å². The number of thiazole rings is 1. The van der Waals surface area contributed by atoms with Crippen LogP contribution in [0.2, 0.25) is 5.02 Å². The number of para-hydroxylation sites is 1. The van der Waals surface area contributed by atoms with E-state index in [-0.39, 0.29) is 0 Å². The van der Waals surface area contributed by atoms with Crippen LogP contribution >= 0.6 is 34.7 Å². The van der Waals surface area contributed by atoms with Crippen LogP contribution in [0.25, 0.3) is 0 Å². The molecule has 1 N–H and O–H groups in total. The second kappa shape index (κ2) is 9.38. The number of anilines is 2. The number of methoxy groups -OCH3 is 1. The van der Waals surface area contributed by atoms with E-state index in [1.165, 1.54) is 11.3 Å². The second-order valence-corrected chi connectivity index (χ2v) is 8.66. The summed E-state index contributed by atoms with van der Waals surface area (Å²) < 4.78 is 11.4. The summed E-state index contributed by atoms with van der Waals surface area (Å²) in [6, 6.07) is 17.2. The number of hydrogen-bond donors (Lipinski definition) is 1. The maximum atomic E-state index is 6.13. The standard InChI is InChI=1S/C22H18ClN3O2S2/c1-14-13-29-22(25-14)26-21-20(28-15-6-4-3-5-7-15)11-17(12-24-21)30-16-8-9-18(23)19(10-16)27-2/h3-13H,1-2H3,(H,24,25,26). The number of benzene rings is 2. The Hall–Kier alpha value is -2.74. The molecule has 0 spiro atoms. The smallest absolute Gasteiger partial charge is 0.188 e. The highest BCUT2D eigenvalue weighted by molar-refractivity contribution is 7.99. The normalized spacial score (nSPS) is 10.6. The summed E-state index contributed by atoms with van der Waals surface area (Å²) in [4.78, 5) is 10.9. The summed E-state index contributed by atoms with van der Waals surface area (Å²) in [6.45, 7) is 1.95. The van der Waals surface area contributed by atoms with Gasteiger partial charge in [0.2, 0.25) is 0 Å². The van der Waals surface area contributed by atoms with Crippen molar-refractivity contribution in [3.63, 3.8) is 0 Å². The Morgan fingerprint density at radius 2 is 1.83 bits per heavy atom. The number of hydrogen-bond acceptors (Lipinski definition) is 7. The Kier molecular flexibility index (Phi) is 6.42. The van der Waals surface area contributed by atoms with Crippen molar-refractivity contribution in [1.82, 2.24) is 9.97 Å². The van der Waals surface area contributed by atoms with E-state index < -0.39 is 0 Å². The molecule has 0 aliphatic heterocycles. The van der Waals surface area contributed by atoms with Crippen LogP contribution in [0.1, 0.15) is 5.69 Å². The zero-order chi connectivity index (χ0) is 20.9. The molecule has 4 aromatic rings. The van der Waals surface area contributed by atoms with Gasteiger partial charge in [0.05, 0.1) is 17.8 Å². The summed E-state index contributed by atoms with van der Waals surface area (Å²) >= 11 is 9.20. The van der Waals surface area contributed by atoms with E-state index in [0.29, 0.717) is 22.3 Å². The highest BCUT2D eigenvalue weighted by atomic mass is 35.5. The fraction of sp³-hybridized carbons (Fsp3) is 0.0909. The van der Waals surface area contributed by atoms with Crippen molar-refractivity contribution >= 4 is 45.6 Å². The van der Waals surface area contributed by atoms with Gasteiger partial charge < -0.3 is 14.8 Å². The van der Waals surface area contributed by atoms with Gasteiger partial charge in [-0.15, -0.1) is 11.3 Å². The number of ether oxygens (including phenoxy) is 2. The molecule has 0 saturated heterocycles. The van der Waals surface area contributed by atoms with Crippen molar-refractivity contribution in [3.05, 3.63) is 76.9 Å². The molecule has 152 valence electrons. The van der Waals surface area contributed by atoms with Crippen LogP contribution in [0.3, 0.4) is 0 Å². The number of halogens is 1. The lowest BCUT2D eigenvalue weighted by atomic mass is 10.3. The zero-order valence-electron chi connectivity index (χ0n) is 16.3. The van der Waals surface area contributed by atoms with Gasteiger partial charge in [-0.2, -0.15) is 0 Å². The van der Waals surface area contributed by atoms with Crippen LogP contribution in [0.4, 0.5) is 10.9 Å². The molecule has 2 heterocycles. The summed E-state index contributed by atoms with van der Waals surface area (Å²) in [6.07, 6.45) is 1.80. The van der Waals surface area contributed by atoms with Crippen LogP contribution in [0.5, 0.6) is 17.2 Å². The van der Waals surface area contributed by atoms with Gasteiger partial charge in [-0.05, 0) is 37.3 Å². The third-order valence-electron chi connectivity index (χ3n) is 4.00. The molecule has 8 heteroatoms. The van der Waals surface area contributed by atoms with Gasteiger partial charge in [0.25, 0.3) is 0 Å². The third kappa shape index (κ3) is 5.05. The number of nitrogens with one attached hydrogen (secondary N) is 1. The Balaban J connectivity index is 1.64. The van der Waals surface area contributed by atoms with Crippen LogP contribution in [-0.4, -0.2) is 17.1 Å². The Bertz CT molecular complexity index is 1150. The van der Waals surface area contributed by atoms with Crippen LogP contribution < -0.4 is 14.8 Å². The van der Waals surface area contributed by atoms with Crippen molar-refractivity contribution in [2.24, 2.45) is 0 Å². The largest absolute Gasteiger partial charge is 0.495 e. The minimum absolute atomic E-state index is 0.575. The van der Waals surface area contributed by atoms with Crippen molar-refractivity contribution in [3.8, 4) is 17.2 Å². The topological polar surface area (TPSA) is 56.3 Å². The van der Waals surface area contributed by atoms with Gasteiger partial charge in [0.15, 0.2) is 16.7 Å². The molecule has 5 nitrogen and oxygen atoms in total. The third-order valence-corrected chi connectivity index (χ3v) is 6.14. The molecular formula is C22H18ClN3O2S2. The maximum Gasteiger partial charge on any atom is 0.188 e. The lowest BCUT2D eigenvalue weighted by Crippen LogP contribution is -1.97. The van der Waals surface area contributed by atoms with Crippen LogP contribution in [-0.2, 0) is 0 Å². The Morgan fingerprint density at radius 1 is 1.03 bits per heavy atom. The van der Waals surface area contributed by atoms with Crippen LogP contribution in [0, 0.1) is 6.92 Å². The lowest BCUT2D eigenvalue weighted by Gasteiger charge is -2.13. The van der Waals surface area contributed by atoms with E-state index in [1.54, 1.807) is 25.1 Å². The number of rotatable bonds is 7. The molecule has 0 aliphatic rings. The number of aryl methyl sites for hydroxylation is 1. The number of pyridine rings is 1. The molecule has 0 fully saturated rings. The highest BCUT2D eigenvalue weighted by Gasteiger charge is 2.12. The SMILES string of the molecule is COc1cc(Sc2cnc(Nc3nc(C)cs3)c(Oc3ccccc3)c2)ccc1Cl. The molecule has 0 amide bonds. The van der Waals surface area contributed by atoms with E-state index in [4.69, 9.17) is 21.1 Å². The van der Waals surface area contributed by atoms with E-state index in [1.807, 2.05) is 66.9 Å². The average molecular weight is 456 g/mol. The fourth-order valence-corrected chi connectivity index (χ4v) is 4.35. The van der Waals surface area contributed by atoms with Gasteiger partial charge in [-0.3, -0.25) is 0 Å². The maximum absolute atomic E-state index is 6.13. The zero-order valence-corrected chi connectivity index (χ0v) is 18.6. The van der Waals surface area contributed by atoms with E-state index in [2.05, 4.69) is 15.3 Å². The summed E-state index contributed by atoms with van der Waals surface area (Å²) in [5.74, 6) is 2.58. The number of aromatic nitrogens is 2. The average Bonchev–Trinajstić information content (AvgIpc) is 3.17. The molecule has 30 heavy (non-hydrogen) atoms. The molecule has 2 aromatic heterocycles. The van der Waals surface area contributed by atoms with Gasteiger partial charge in [0, 0.05) is 27.4 Å². The first-order chi connectivity index (χ1) is 14.6. The first-order valence-electron chi connectivity index (χ1n) is 9.04. The van der Waals surface area contributed by atoms with Crippen LogP contribution in [0.15, 0.2) is 76.0 Å². The molecule has 0 radical (unpaired) electrons. The number of nitrogens with zero attached hydrogens (tertiary/aromatic N) is 2. The Morgan fingerprint density at radius 3 is 2.57 bits per heavy atom. The van der Waals surface area contributed by atoms with Crippen molar-refractivity contribution in [1.29, 1.82) is 0 Å². The Labute approximate surface area is 188 Å². The van der Waals surface area contributed by atoms with Crippen molar-refractivity contribution in [2.45, 2.75) is 16.7 Å². The molecule has 0 bridgehead atoms. The minimum atomic E-state index is 0.575. The van der Waals surface area contributed by atoms with Gasteiger partial charge in [-0.1, -0.05) is 41.6 Å². The predicted octanol–water partition coefficient (Wildman–Crippen LogP) is 7.20. The van der Waals surface area contributed by atoms with E-state index in [0.717, 1.165) is 26.4 Å². The second-order valence-electron chi connectivity index (χ2n) is 6.25. The molecule has 0 atom stereocenters. The minimum Gasteiger partial charge on any atom is -0.495 e. The molecule has 0 aliphatic carbocycles. The first kappa shape index (κ1) is 20.5. The molecule has 4 rings (SSSR count). The van der Waals surface area contributed by atoms with Crippen molar-refractivity contribution < 1.29 is 9.47 Å². The molecule has 2 aromatic carbocycles.